The van der Waals surface area contributed by atoms with Gasteiger partial charge in [-0.1, -0.05) is 73.9 Å². The third-order valence-electron chi connectivity index (χ3n) is 12.0. The topological polar surface area (TPSA) is 112 Å². The number of benzene rings is 5. The lowest BCUT2D eigenvalue weighted by Crippen LogP contribution is -2.56. The van der Waals surface area contributed by atoms with Gasteiger partial charge in [0.15, 0.2) is 5.66 Å². The van der Waals surface area contributed by atoms with Gasteiger partial charge in [0.1, 0.15) is 23.0 Å². The molecule has 2 heterocycles. The van der Waals surface area contributed by atoms with E-state index in [1.54, 1.807) is 71.5 Å². The minimum Gasteiger partial charge on any atom is -0.497 e. The Hall–Kier alpha value is -6.94. The molecule has 5 aromatic carbocycles. The van der Waals surface area contributed by atoms with Gasteiger partial charge in [0.2, 0.25) is 0 Å². The fraction of sp³-hybridized carbons (Fsp3) is 0.224. The van der Waals surface area contributed by atoms with E-state index in [9.17, 15) is 19.2 Å². The van der Waals surface area contributed by atoms with Gasteiger partial charge in [0, 0.05) is 40.4 Å². The standard InChI is InChI=1S/C49H42N2O8/c1-32(52)57-38-22-14-33(15-23-38)48(30-8-3-9-31-48)34-16-24-39(25-17-34)58-47(55)59-40-28-20-36(21-29-40)51-46(54)42-11-5-7-13-44(42)49(51)43-12-6-4-10-41(43)45(53)50(49)35-18-26-37(56-2)27-19-35/h4-5,7,10-11,13-29H,3,6,8-9,12,30-31H2,1-2H3. The lowest BCUT2D eigenvalue weighted by Gasteiger charge is -2.45. The first-order valence-corrected chi connectivity index (χ1v) is 19.9. The monoisotopic (exact) mass is 786 g/mol. The average molecular weight is 787 g/mol. The molecule has 5 aromatic rings. The highest BCUT2D eigenvalue weighted by atomic mass is 16.7. The van der Waals surface area contributed by atoms with Crippen LogP contribution in [0.4, 0.5) is 16.2 Å². The van der Waals surface area contributed by atoms with E-state index in [1.165, 1.54) is 13.3 Å². The molecule has 0 N–H and O–H groups in total. The van der Waals surface area contributed by atoms with Crippen molar-refractivity contribution in [3.05, 3.63) is 167 Å². The molecular formula is C49H42N2O8. The Labute approximate surface area is 342 Å². The Kier molecular flexibility index (Phi) is 9.63. The van der Waals surface area contributed by atoms with Crippen molar-refractivity contribution < 1.29 is 38.1 Å². The molecule has 1 fully saturated rings. The maximum absolute atomic E-state index is 14.6. The average Bonchev–Trinajstić information content (AvgIpc) is 3.68. The molecular weight excluding hydrogens is 745 g/mol. The number of rotatable bonds is 8. The van der Waals surface area contributed by atoms with Crippen LogP contribution in [0, 0.1) is 0 Å². The molecule has 2 aliphatic carbocycles. The summed E-state index contributed by atoms with van der Waals surface area (Å²) in [5.74, 6) is 0.913. The summed E-state index contributed by atoms with van der Waals surface area (Å²) < 4.78 is 21.9. The van der Waals surface area contributed by atoms with Gasteiger partial charge >= 0.3 is 12.1 Å². The largest absolute Gasteiger partial charge is 0.519 e. The number of hydrogen-bond acceptors (Lipinski definition) is 8. The van der Waals surface area contributed by atoms with Crippen molar-refractivity contribution in [1.29, 1.82) is 0 Å². The molecule has 4 aliphatic rings. The van der Waals surface area contributed by atoms with Gasteiger partial charge < -0.3 is 18.9 Å². The number of anilines is 2. The molecule has 296 valence electrons. The molecule has 59 heavy (non-hydrogen) atoms. The second-order valence-electron chi connectivity index (χ2n) is 15.3. The number of nitrogens with zero attached hydrogens (tertiary/aromatic N) is 2. The van der Waals surface area contributed by atoms with E-state index >= 15 is 0 Å². The second-order valence-corrected chi connectivity index (χ2v) is 15.3. The molecule has 10 heteroatoms. The molecule has 2 aliphatic heterocycles. The lowest BCUT2D eigenvalue weighted by atomic mass is 9.65. The third-order valence-corrected chi connectivity index (χ3v) is 12.0. The summed E-state index contributed by atoms with van der Waals surface area (Å²) in [4.78, 5) is 57.0. The summed E-state index contributed by atoms with van der Waals surface area (Å²) in [6, 6.07) is 36.7. The summed E-state index contributed by atoms with van der Waals surface area (Å²) >= 11 is 0. The van der Waals surface area contributed by atoms with Crippen molar-refractivity contribution in [2.75, 3.05) is 16.9 Å². The summed E-state index contributed by atoms with van der Waals surface area (Å²) in [6.07, 6.45) is 9.55. The second kappa shape index (κ2) is 15.1. The van der Waals surface area contributed by atoms with Crippen LogP contribution < -0.4 is 28.7 Å². The molecule has 9 rings (SSSR count). The van der Waals surface area contributed by atoms with Crippen LogP contribution in [0.3, 0.4) is 0 Å². The van der Waals surface area contributed by atoms with Crippen LogP contribution in [-0.4, -0.2) is 31.0 Å². The Balaban J connectivity index is 0.972. The predicted molar refractivity (Wildman–Crippen MR) is 222 cm³/mol. The number of esters is 1. The van der Waals surface area contributed by atoms with Crippen LogP contribution >= 0.6 is 0 Å². The molecule has 0 aromatic heterocycles. The highest BCUT2D eigenvalue weighted by Crippen LogP contribution is 2.57. The Bertz CT molecular complexity index is 2520. The van der Waals surface area contributed by atoms with Gasteiger partial charge in [-0.05, 0) is 121 Å². The summed E-state index contributed by atoms with van der Waals surface area (Å²) in [7, 11) is 1.59. The smallest absolute Gasteiger partial charge is 0.497 e. The fourth-order valence-corrected chi connectivity index (χ4v) is 9.47. The highest BCUT2D eigenvalue weighted by molar-refractivity contribution is 6.21. The molecule has 1 atom stereocenters. The molecule has 2 amide bonds. The normalized spacial score (nSPS) is 19.1. The van der Waals surface area contributed by atoms with Gasteiger partial charge in [0.25, 0.3) is 11.8 Å². The zero-order valence-electron chi connectivity index (χ0n) is 32.8. The maximum atomic E-state index is 14.6. The maximum Gasteiger partial charge on any atom is 0.519 e. The number of allylic oxidation sites excluding steroid dienone is 1. The molecule has 1 spiro atoms. The Morgan fingerprint density at radius 2 is 1.14 bits per heavy atom. The van der Waals surface area contributed by atoms with Gasteiger partial charge in [-0.3, -0.25) is 24.2 Å². The van der Waals surface area contributed by atoms with Gasteiger partial charge in [-0.25, -0.2) is 4.79 Å². The minimum atomic E-state index is -1.27. The first kappa shape index (κ1) is 37.6. The molecule has 0 radical (unpaired) electrons. The van der Waals surface area contributed by atoms with Crippen molar-refractivity contribution in [2.45, 2.75) is 62.9 Å². The van der Waals surface area contributed by atoms with Crippen molar-refractivity contribution in [2.24, 2.45) is 0 Å². The van der Waals surface area contributed by atoms with Crippen LogP contribution in [0.1, 0.15) is 78.9 Å². The van der Waals surface area contributed by atoms with Crippen LogP contribution in [0.15, 0.2) is 145 Å². The predicted octanol–water partition coefficient (Wildman–Crippen LogP) is 9.96. The number of amides is 2. The number of ether oxygens (including phenoxy) is 4. The number of carbonyl (C=O) groups excluding carboxylic acids is 4. The van der Waals surface area contributed by atoms with Gasteiger partial charge in [0.05, 0.1) is 7.11 Å². The molecule has 0 bridgehead atoms. The Morgan fingerprint density at radius 3 is 1.71 bits per heavy atom. The van der Waals surface area contributed by atoms with E-state index in [1.807, 2.05) is 78.9 Å². The van der Waals surface area contributed by atoms with Crippen molar-refractivity contribution in [3.8, 4) is 23.0 Å². The number of fused-ring (bicyclic) bond motifs is 3. The van der Waals surface area contributed by atoms with Gasteiger partial charge in [-0.15, -0.1) is 0 Å². The highest BCUT2D eigenvalue weighted by Gasteiger charge is 2.63. The first-order chi connectivity index (χ1) is 28.7. The number of carbonyl (C=O) groups is 4. The molecule has 1 saturated carbocycles. The zero-order chi connectivity index (χ0) is 40.7. The van der Waals surface area contributed by atoms with E-state index in [0.717, 1.165) is 54.4 Å². The van der Waals surface area contributed by atoms with Crippen molar-refractivity contribution in [3.63, 3.8) is 0 Å². The fourth-order valence-electron chi connectivity index (χ4n) is 9.47. The third kappa shape index (κ3) is 6.36. The summed E-state index contributed by atoms with van der Waals surface area (Å²) in [5, 5.41) is 0. The van der Waals surface area contributed by atoms with Crippen molar-refractivity contribution in [1.82, 2.24) is 0 Å². The summed E-state index contributed by atoms with van der Waals surface area (Å²) in [5.41, 5.74) is 4.57. The van der Waals surface area contributed by atoms with E-state index in [2.05, 4.69) is 0 Å². The van der Waals surface area contributed by atoms with Crippen LogP contribution in [0.25, 0.3) is 0 Å². The minimum absolute atomic E-state index is 0.199. The van der Waals surface area contributed by atoms with Gasteiger partial charge in [-0.2, -0.15) is 0 Å². The number of methoxy groups -OCH3 is 1. The van der Waals surface area contributed by atoms with Crippen LogP contribution in [0.5, 0.6) is 23.0 Å². The summed E-state index contributed by atoms with van der Waals surface area (Å²) in [6.45, 7) is 1.39. The number of hydrogen-bond donors (Lipinski definition) is 0. The van der Waals surface area contributed by atoms with Crippen LogP contribution in [-0.2, 0) is 20.7 Å². The Morgan fingerprint density at radius 1 is 0.610 bits per heavy atom. The lowest BCUT2D eigenvalue weighted by molar-refractivity contribution is -0.131. The molecule has 1 unspecified atom stereocenters. The van der Waals surface area contributed by atoms with E-state index in [0.29, 0.717) is 46.2 Å². The van der Waals surface area contributed by atoms with Crippen LogP contribution in [0.2, 0.25) is 0 Å². The molecule has 0 saturated heterocycles. The van der Waals surface area contributed by atoms with E-state index in [4.69, 9.17) is 18.9 Å². The molecule has 10 nitrogen and oxygen atoms in total. The van der Waals surface area contributed by atoms with E-state index in [-0.39, 0.29) is 28.9 Å². The SMILES string of the molecule is COc1ccc(N2C(=O)C3=C(CCC=C3)C23c2ccccc2C(=O)N3c2ccc(OC(=O)Oc3ccc(C4(c5ccc(OC(C)=O)cc5)CCCCC4)cc3)cc2)cc1. The first-order valence-electron chi connectivity index (χ1n) is 19.9. The zero-order valence-corrected chi connectivity index (χ0v) is 32.8. The van der Waals surface area contributed by atoms with Crippen molar-refractivity contribution >= 4 is 35.3 Å². The van der Waals surface area contributed by atoms with E-state index < -0.39 is 11.8 Å². The quantitative estimate of drug-likeness (QED) is 0.0869.